The summed E-state index contributed by atoms with van der Waals surface area (Å²) in [7, 11) is 3.58. The zero-order valence-corrected chi connectivity index (χ0v) is 22.8. The fourth-order valence-corrected chi connectivity index (χ4v) is 5.34. The zero-order chi connectivity index (χ0) is 27.2. The molecule has 0 radical (unpaired) electrons. The molecule has 0 saturated carbocycles. The fourth-order valence-electron chi connectivity index (χ4n) is 5.34. The highest BCUT2D eigenvalue weighted by molar-refractivity contribution is 5.84. The molecule has 0 atom stereocenters. The molecule has 2 aliphatic rings. The van der Waals surface area contributed by atoms with Gasteiger partial charge >= 0.3 is 5.69 Å². The van der Waals surface area contributed by atoms with Crippen LogP contribution in [0.25, 0.3) is 22.5 Å². The van der Waals surface area contributed by atoms with Gasteiger partial charge in [-0.3, -0.25) is 9.47 Å². The first-order chi connectivity index (χ1) is 18.0. The number of anilines is 1. The van der Waals surface area contributed by atoms with Crippen LogP contribution in [0.5, 0.6) is 5.75 Å². The maximum atomic E-state index is 14.9. The molecule has 200 valence electrons. The van der Waals surface area contributed by atoms with Crippen LogP contribution >= 0.6 is 0 Å². The fraction of sp³-hybridized carbons (Fsp3) is 0.367. The Kier molecular flexibility index (Phi) is 6.69. The molecule has 0 bridgehead atoms. The van der Waals surface area contributed by atoms with E-state index in [1.54, 1.807) is 24.0 Å². The van der Waals surface area contributed by atoms with Crippen LogP contribution in [0.1, 0.15) is 26.3 Å². The van der Waals surface area contributed by atoms with E-state index in [-0.39, 0.29) is 17.0 Å². The first-order valence-corrected chi connectivity index (χ1v) is 13.0. The second-order valence-corrected chi connectivity index (χ2v) is 11.2. The summed E-state index contributed by atoms with van der Waals surface area (Å²) in [4.78, 5) is 19.2. The van der Waals surface area contributed by atoms with Gasteiger partial charge in [-0.2, -0.15) is 0 Å². The number of hydrogen-bond acceptors (Lipinski definition) is 5. The van der Waals surface area contributed by atoms with Crippen molar-refractivity contribution in [1.29, 1.82) is 0 Å². The lowest BCUT2D eigenvalue weighted by Gasteiger charge is -2.43. The molecule has 0 spiro atoms. The van der Waals surface area contributed by atoms with Crippen LogP contribution in [0.3, 0.4) is 0 Å². The van der Waals surface area contributed by atoms with E-state index in [9.17, 15) is 14.3 Å². The highest BCUT2D eigenvalue weighted by Crippen LogP contribution is 2.39. The van der Waals surface area contributed by atoms with Gasteiger partial charge in [-0.05, 0) is 62.2 Å². The smallest absolute Gasteiger partial charge is 0.333 e. The van der Waals surface area contributed by atoms with Crippen LogP contribution in [0.2, 0.25) is 0 Å². The summed E-state index contributed by atoms with van der Waals surface area (Å²) < 4.78 is 18.0. The second kappa shape index (κ2) is 9.83. The molecule has 2 aromatic carbocycles. The number of nitrogens with zero attached hydrogens (tertiary/aromatic N) is 5. The van der Waals surface area contributed by atoms with E-state index in [1.807, 2.05) is 42.3 Å². The van der Waals surface area contributed by atoms with Gasteiger partial charge in [0.25, 0.3) is 0 Å². The Balaban J connectivity index is 1.45. The molecular formula is C30H36FN5O2. The number of likely N-dealkylation sites (N-methyl/N-ethyl adjacent to an activating group) is 1. The molecule has 1 saturated heterocycles. The lowest BCUT2D eigenvalue weighted by molar-refractivity contribution is 0.128. The van der Waals surface area contributed by atoms with E-state index in [0.717, 1.165) is 48.8 Å². The summed E-state index contributed by atoms with van der Waals surface area (Å²) >= 11 is 0. The van der Waals surface area contributed by atoms with Crippen molar-refractivity contribution in [1.82, 2.24) is 18.9 Å². The van der Waals surface area contributed by atoms with Crippen molar-refractivity contribution in [2.24, 2.45) is 7.05 Å². The average molecular weight is 518 g/mol. The minimum absolute atomic E-state index is 0.0504. The molecule has 0 unspecified atom stereocenters. The molecule has 7 nitrogen and oxygen atoms in total. The average Bonchev–Trinajstić information content (AvgIpc) is 3.22. The number of allylic oxidation sites excluding steroid dienone is 2. The summed E-state index contributed by atoms with van der Waals surface area (Å²) in [6.45, 7) is 10.9. The third-order valence-corrected chi connectivity index (χ3v) is 7.60. The van der Waals surface area contributed by atoms with Gasteiger partial charge in [-0.15, -0.1) is 0 Å². The molecule has 0 amide bonds. The first-order valence-electron chi connectivity index (χ1n) is 13.0. The predicted octanol–water partition coefficient (Wildman–Crippen LogP) is 4.45. The van der Waals surface area contributed by atoms with E-state index < -0.39 is 5.82 Å². The summed E-state index contributed by atoms with van der Waals surface area (Å²) in [5.41, 5.74) is 3.53. The minimum Gasteiger partial charge on any atom is -0.507 e. The second-order valence-electron chi connectivity index (χ2n) is 11.2. The number of aromatic nitrogens is 2. The Morgan fingerprint density at radius 3 is 2.26 bits per heavy atom. The van der Waals surface area contributed by atoms with Crippen LogP contribution in [-0.4, -0.2) is 69.4 Å². The first kappa shape index (κ1) is 25.9. The topological polar surface area (TPSA) is 56.9 Å². The number of hydrogen-bond donors (Lipinski definition) is 1. The Hall–Kier alpha value is -3.78. The standard InChI is InChI=1S/C30H36FN5O2/c1-30(2,3)35-14-12-34(13-15-35)24-8-6-7-21(17-24)25-18-23(31)19-26(28(25)37)22-9-10-27(33(5)20-22)36-16-11-32(4)29(36)38/h6-11,16-19,37H,12-15,20H2,1-5H3. The number of piperazine rings is 1. The molecule has 38 heavy (non-hydrogen) atoms. The SMILES string of the molecule is CN1CC(c2cc(F)cc(-c3cccc(N4CCN(C(C)(C)C)CC4)c3)c2O)=CC=C1n1ccn(C)c1=O. The Bertz CT molecular complexity index is 1470. The zero-order valence-electron chi connectivity index (χ0n) is 22.8. The van der Waals surface area contributed by atoms with Crippen molar-refractivity contribution in [2.75, 3.05) is 44.7 Å². The third-order valence-electron chi connectivity index (χ3n) is 7.60. The Morgan fingerprint density at radius 1 is 0.921 bits per heavy atom. The normalized spacial score (nSPS) is 17.0. The van der Waals surface area contributed by atoms with Gasteiger partial charge in [0.2, 0.25) is 0 Å². The van der Waals surface area contributed by atoms with Gasteiger partial charge in [-0.25, -0.2) is 9.18 Å². The molecular weight excluding hydrogens is 481 g/mol. The van der Waals surface area contributed by atoms with Gasteiger partial charge in [0.05, 0.1) is 0 Å². The monoisotopic (exact) mass is 517 g/mol. The van der Waals surface area contributed by atoms with Gasteiger partial charge in [0.1, 0.15) is 17.4 Å². The van der Waals surface area contributed by atoms with Gasteiger partial charge < -0.3 is 19.5 Å². The minimum atomic E-state index is -0.408. The van der Waals surface area contributed by atoms with E-state index >= 15 is 0 Å². The third kappa shape index (κ3) is 4.88. The molecule has 8 heteroatoms. The van der Waals surface area contributed by atoms with Crippen LogP contribution in [0.4, 0.5) is 10.1 Å². The number of phenols is 1. The lowest BCUT2D eigenvalue weighted by atomic mass is 9.95. The van der Waals surface area contributed by atoms with E-state index in [1.165, 1.54) is 16.7 Å². The number of rotatable bonds is 4. The van der Waals surface area contributed by atoms with Crippen LogP contribution in [0, 0.1) is 5.82 Å². The molecule has 3 aromatic rings. The van der Waals surface area contributed by atoms with Gasteiger partial charge in [0, 0.05) is 81.6 Å². The number of aromatic hydroxyl groups is 1. The quantitative estimate of drug-likeness (QED) is 0.554. The molecule has 0 aliphatic carbocycles. The van der Waals surface area contributed by atoms with Gasteiger partial charge in [-0.1, -0.05) is 18.2 Å². The van der Waals surface area contributed by atoms with E-state index in [0.29, 0.717) is 17.7 Å². The number of halogens is 1. The Labute approximate surface area is 223 Å². The number of imidazole rings is 1. The van der Waals surface area contributed by atoms with Crippen molar-refractivity contribution >= 4 is 17.1 Å². The molecule has 2 aliphatic heterocycles. The highest BCUT2D eigenvalue weighted by atomic mass is 19.1. The van der Waals surface area contributed by atoms with Crippen molar-refractivity contribution in [3.63, 3.8) is 0 Å². The van der Waals surface area contributed by atoms with Gasteiger partial charge in [0.15, 0.2) is 0 Å². The van der Waals surface area contributed by atoms with Crippen LogP contribution in [-0.2, 0) is 7.05 Å². The van der Waals surface area contributed by atoms with Crippen LogP contribution < -0.4 is 10.6 Å². The summed E-state index contributed by atoms with van der Waals surface area (Å²) in [5, 5.41) is 11.3. The summed E-state index contributed by atoms with van der Waals surface area (Å²) in [6, 6.07) is 10.8. The largest absolute Gasteiger partial charge is 0.507 e. The van der Waals surface area contributed by atoms with E-state index in [2.05, 4.69) is 36.6 Å². The number of aryl methyl sites for hydroxylation is 1. The van der Waals surface area contributed by atoms with Crippen molar-refractivity contribution < 1.29 is 9.50 Å². The molecule has 1 aromatic heterocycles. The maximum Gasteiger partial charge on any atom is 0.333 e. The summed E-state index contributed by atoms with van der Waals surface area (Å²) in [5.74, 6) is 0.360. The summed E-state index contributed by atoms with van der Waals surface area (Å²) in [6.07, 6.45) is 7.09. The highest BCUT2D eigenvalue weighted by Gasteiger charge is 2.26. The number of benzene rings is 2. The maximum absolute atomic E-state index is 14.9. The number of phenolic OH excluding ortho intramolecular Hbond substituents is 1. The van der Waals surface area contributed by atoms with Crippen molar-refractivity contribution in [3.05, 3.63) is 82.8 Å². The lowest BCUT2D eigenvalue weighted by Crippen LogP contribution is -2.53. The van der Waals surface area contributed by atoms with E-state index in [4.69, 9.17) is 0 Å². The predicted molar refractivity (Wildman–Crippen MR) is 152 cm³/mol. The molecule has 1 N–H and O–H groups in total. The molecule has 5 rings (SSSR count). The van der Waals surface area contributed by atoms with Crippen molar-refractivity contribution in [3.8, 4) is 16.9 Å². The Morgan fingerprint density at radius 2 is 1.63 bits per heavy atom. The van der Waals surface area contributed by atoms with Crippen LogP contribution in [0.15, 0.2) is 65.7 Å². The van der Waals surface area contributed by atoms with Crippen molar-refractivity contribution in [2.45, 2.75) is 26.3 Å². The molecule has 3 heterocycles. The molecule has 1 fully saturated rings.